The molecule has 2 aromatic rings. The van der Waals surface area contributed by atoms with Crippen molar-refractivity contribution in [2.75, 3.05) is 43.6 Å². The molecule has 0 atom stereocenters. The Balaban J connectivity index is 1.88. The number of likely N-dealkylation sites (N-methyl/N-ethyl adjacent to an activating group) is 1. The van der Waals surface area contributed by atoms with E-state index in [1.165, 1.54) is 0 Å². The zero-order valence-corrected chi connectivity index (χ0v) is 12.5. The fourth-order valence-electron chi connectivity index (χ4n) is 2.58. The van der Waals surface area contributed by atoms with Crippen molar-refractivity contribution in [1.29, 1.82) is 0 Å². The van der Waals surface area contributed by atoms with Crippen LogP contribution in [-0.4, -0.2) is 47.7 Å². The van der Waals surface area contributed by atoms with Crippen molar-refractivity contribution in [1.82, 2.24) is 9.58 Å². The summed E-state index contributed by atoms with van der Waals surface area (Å²) in [5, 5.41) is 11.2. The van der Waals surface area contributed by atoms with Crippen LogP contribution >= 0.6 is 0 Å². The van der Waals surface area contributed by atoms with Crippen molar-refractivity contribution in [3.05, 3.63) is 52.8 Å². The standard InChI is InChI=1S/C15H19N5O2/c1-17-8-10-18(11-9-17)13-4-5-15(20(21)22)14(12-13)16-19-6-2-3-7-19/h2-7,12,16H,8-11H2,1H3. The first-order valence-corrected chi connectivity index (χ1v) is 7.25. The van der Waals surface area contributed by atoms with Crippen LogP contribution in [0.1, 0.15) is 0 Å². The van der Waals surface area contributed by atoms with Gasteiger partial charge >= 0.3 is 0 Å². The minimum absolute atomic E-state index is 0.0755. The number of hydrogen-bond donors (Lipinski definition) is 1. The lowest BCUT2D eigenvalue weighted by molar-refractivity contribution is -0.384. The van der Waals surface area contributed by atoms with Crippen LogP contribution in [0.2, 0.25) is 0 Å². The van der Waals surface area contributed by atoms with E-state index in [9.17, 15) is 10.1 Å². The number of rotatable bonds is 4. The lowest BCUT2D eigenvalue weighted by Crippen LogP contribution is -2.44. The molecule has 22 heavy (non-hydrogen) atoms. The highest BCUT2D eigenvalue weighted by molar-refractivity contribution is 5.69. The number of nitro groups is 1. The second-order valence-electron chi connectivity index (χ2n) is 5.45. The molecule has 0 radical (unpaired) electrons. The summed E-state index contributed by atoms with van der Waals surface area (Å²) in [6.45, 7) is 3.85. The number of nitrogens with zero attached hydrogens (tertiary/aromatic N) is 4. The van der Waals surface area contributed by atoms with Gasteiger partial charge in [-0.1, -0.05) is 0 Å². The summed E-state index contributed by atoms with van der Waals surface area (Å²) in [4.78, 5) is 15.4. The Hall–Kier alpha value is -2.54. The predicted molar refractivity (Wildman–Crippen MR) is 86.3 cm³/mol. The van der Waals surface area contributed by atoms with Crippen molar-refractivity contribution < 1.29 is 4.92 Å². The Bertz CT molecular complexity index is 648. The van der Waals surface area contributed by atoms with E-state index < -0.39 is 0 Å². The van der Waals surface area contributed by atoms with Crippen LogP contribution < -0.4 is 10.3 Å². The quantitative estimate of drug-likeness (QED) is 0.691. The molecular weight excluding hydrogens is 282 g/mol. The predicted octanol–water partition coefficient (Wildman–Crippen LogP) is 2.02. The third-order valence-electron chi connectivity index (χ3n) is 3.90. The van der Waals surface area contributed by atoms with E-state index in [0.717, 1.165) is 31.9 Å². The molecular formula is C15H19N5O2. The number of hydrogen-bond acceptors (Lipinski definition) is 5. The number of piperazine rings is 1. The first-order valence-electron chi connectivity index (χ1n) is 7.25. The first-order chi connectivity index (χ1) is 10.6. The van der Waals surface area contributed by atoms with E-state index in [1.54, 1.807) is 10.7 Å². The van der Waals surface area contributed by atoms with E-state index in [0.29, 0.717) is 5.69 Å². The van der Waals surface area contributed by atoms with E-state index >= 15 is 0 Å². The molecule has 0 bridgehead atoms. The van der Waals surface area contributed by atoms with Crippen LogP contribution in [0.15, 0.2) is 42.7 Å². The highest BCUT2D eigenvalue weighted by Crippen LogP contribution is 2.30. The average molecular weight is 301 g/mol. The van der Waals surface area contributed by atoms with Gasteiger partial charge in [0.1, 0.15) is 5.69 Å². The molecule has 0 spiro atoms. The molecule has 0 aliphatic carbocycles. The molecule has 0 saturated carbocycles. The largest absolute Gasteiger partial charge is 0.369 e. The Morgan fingerprint density at radius 3 is 2.45 bits per heavy atom. The maximum atomic E-state index is 11.2. The molecule has 1 saturated heterocycles. The average Bonchev–Trinajstić information content (AvgIpc) is 3.00. The molecule has 0 unspecified atom stereocenters. The Labute approximate surface area is 128 Å². The molecule has 1 N–H and O–H groups in total. The van der Waals surface area contributed by atoms with Crippen molar-refractivity contribution in [2.24, 2.45) is 0 Å². The molecule has 0 amide bonds. The van der Waals surface area contributed by atoms with Gasteiger partial charge in [-0.3, -0.25) is 20.2 Å². The lowest BCUT2D eigenvalue weighted by atomic mass is 10.2. The molecule has 2 heterocycles. The minimum atomic E-state index is -0.362. The number of benzene rings is 1. The summed E-state index contributed by atoms with van der Waals surface area (Å²) in [5.41, 5.74) is 4.64. The lowest BCUT2D eigenvalue weighted by Gasteiger charge is -2.34. The maximum absolute atomic E-state index is 11.2. The summed E-state index contributed by atoms with van der Waals surface area (Å²) < 4.78 is 1.70. The van der Waals surface area contributed by atoms with Crippen molar-refractivity contribution in [3.8, 4) is 0 Å². The molecule has 3 rings (SSSR count). The Kier molecular flexibility index (Phi) is 3.97. The summed E-state index contributed by atoms with van der Waals surface area (Å²) >= 11 is 0. The smallest absolute Gasteiger partial charge is 0.294 e. The molecule has 7 heteroatoms. The van der Waals surface area contributed by atoms with E-state index in [2.05, 4.69) is 22.3 Å². The highest BCUT2D eigenvalue weighted by Gasteiger charge is 2.19. The maximum Gasteiger partial charge on any atom is 0.294 e. The fraction of sp³-hybridized carbons (Fsp3) is 0.333. The topological polar surface area (TPSA) is 66.6 Å². The van der Waals surface area contributed by atoms with Crippen LogP contribution in [0.3, 0.4) is 0 Å². The van der Waals surface area contributed by atoms with Gasteiger partial charge in [-0.2, -0.15) is 0 Å². The third kappa shape index (κ3) is 3.04. The molecule has 7 nitrogen and oxygen atoms in total. The highest BCUT2D eigenvalue weighted by atomic mass is 16.6. The van der Waals surface area contributed by atoms with Gasteiger partial charge in [-0.05, 0) is 31.3 Å². The summed E-state index contributed by atoms with van der Waals surface area (Å²) in [5.74, 6) is 0. The number of aromatic nitrogens is 1. The summed E-state index contributed by atoms with van der Waals surface area (Å²) in [7, 11) is 2.10. The molecule has 1 aliphatic heterocycles. The second kappa shape index (κ2) is 6.07. The first kappa shape index (κ1) is 14.4. The van der Waals surface area contributed by atoms with Crippen molar-refractivity contribution >= 4 is 17.1 Å². The summed E-state index contributed by atoms with van der Waals surface area (Å²) in [6, 6.07) is 8.97. The summed E-state index contributed by atoms with van der Waals surface area (Å²) in [6.07, 6.45) is 3.62. The molecule has 1 aromatic carbocycles. The van der Waals surface area contributed by atoms with Gasteiger partial charge in [0.15, 0.2) is 0 Å². The van der Waals surface area contributed by atoms with Crippen LogP contribution in [0.5, 0.6) is 0 Å². The van der Waals surface area contributed by atoms with Gasteiger partial charge in [0.05, 0.1) is 4.92 Å². The van der Waals surface area contributed by atoms with Crippen LogP contribution in [-0.2, 0) is 0 Å². The number of nitrogens with one attached hydrogen (secondary N) is 1. The van der Waals surface area contributed by atoms with E-state index in [-0.39, 0.29) is 10.6 Å². The third-order valence-corrected chi connectivity index (χ3v) is 3.90. The Morgan fingerprint density at radius 2 is 1.82 bits per heavy atom. The van der Waals surface area contributed by atoms with E-state index in [1.807, 2.05) is 36.7 Å². The van der Waals surface area contributed by atoms with Crippen LogP contribution in [0.25, 0.3) is 0 Å². The molecule has 1 fully saturated rings. The number of nitro benzene ring substituents is 1. The van der Waals surface area contributed by atoms with E-state index in [4.69, 9.17) is 0 Å². The molecule has 1 aromatic heterocycles. The SMILES string of the molecule is CN1CCN(c2ccc([N+](=O)[O-])c(Nn3cccc3)c2)CC1. The molecule has 116 valence electrons. The van der Waals surface area contributed by atoms with Gasteiger partial charge in [0.25, 0.3) is 5.69 Å². The van der Waals surface area contributed by atoms with Gasteiger partial charge in [-0.25, -0.2) is 0 Å². The molecule has 1 aliphatic rings. The number of anilines is 2. The normalized spacial score (nSPS) is 15.8. The second-order valence-corrected chi connectivity index (χ2v) is 5.45. The monoisotopic (exact) mass is 301 g/mol. The van der Waals surface area contributed by atoms with Gasteiger partial charge in [-0.15, -0.1) is 0 Å². The minimum Gasteiger partial charge on any atom is -0.369 e. The fourth-order valence-corrected chi connectivity index (χ4v) is 2.58. The van der Waals surface area contributed by atoms with Crippen LogP contribution in [0.4, 0.5) is 17.1 Å². The zero-order chi connectivity index (χ0) is 15.5. The van der Waals surface area contributed by atoms with Gasteiger partial charge < -0.3 is 9.80 Å². The van der Waals surface area contributed by atoms with Gasteiger partial charge in [0, 0.05) is 50.3 Å². The van der Waals surface area contributed by atoms with Crippen LogP contribution in [0, 0.1) is 10.1 Å². The van der Waals surface area contributed by atoms with Crippen molar-refractivity contribution in [2.45, 2.75) is 0 Å². The van der Waals surface area contributed by atoms with Crippen molar-refractivity contribution in [3.63, 3.8) is 0 Å². The zero-order valence-electron chi connectivity index (χ0n) is 12.5. The Morgan fingerprint density at radius 1 is 1.14 bits per heavy atom. The van der Waals surface area contributed by atoms with Gasteiger partial charge in [0.2, 0.25) is 0 Å².